The fourth-order valence-corrected chi connectivity index (χ4v) is 5.68. The summed E-state index contributed by atoms with van der Waals surface area (Å²) in [6, 6.07) is 57.0. The zero-order chi connectivity index (χ0) is 29.0. The lowest BCUT2D eigenvalue weighted by Gasteiger charge is -2.11. The van der Waals surface area contributed by atoms with E-state index in [1.807, 2.05) is 30.3 Å². The Morgan fingerprint density at radius 3 is 1.19 bits per heavy atom. The molecular weight excluding hydrogens is 588 g/mol. The van der Waals surface area contributed by atoms with E-state index in [0.717, 1.165) is 32.6 Å². The van der Waals surface area contributed by atoms with E-state index in [1.165, 1.54) is 33.4 Å². The van der Waals surface area contributed by atoms with E-state index in [4.69, 9.17) is 9.97 Å². The highest BCUT2D eigenvalue weighted by molar-refractivity contribution is 9.10. The molecule has 0 N–H and O–H groups in total. The Hall–Kier alpha value is -5.12. The van der Waals surface area contributed by atoms with E-state index in [0.29, 0.717) is 5.82 Å². The van der Waals surface area contributed by atoms with Crippen LogP contribution in [-0.2, 0) is 0 Å². The van der Waals surface area contributed by atoms with E-state index in [2.05, 4.69) is 149 Å². The van der Waals surface area contributed by atoms with Gasteiger partial charge in [-0.25, -0.2) is 9.97 Å². The van der Waals surface area contributed by atoms with Crippen molar-refractivity contribution >= 4 is 15.9 Å². The van der Waals surface area contributed by atoms with Crippen LogP contribution in [0, 0.1) is 0 Å². The van der Waals surface area contributed by atoms with Gasteiger partial charge >= 0.3 is 0 Å². The summed E-state index contributed by atoms with van der Waals surface area (Å²) in [5.41, 5.74) is 12.0. The van der Waals surface area contributed by atoms with Crippen LogP contribution in [-0.4, -0.2) is 9.97 Å². The second-order valence-corrected chi connectivity index (χ2v) is 11.4. The Bertz CT molecular complexity index is 1980. The third-order valence-electron chi connectivity index (χ3n) is 7.60. The van der Waals surface area contributed by atoms with Crippen LogP contribution in [0.2, 0.25) is 0 Å². The van der Waals surface area contributed by atoms with Gasteiger partial charge in [0.1, 0.15) is 0 Å². The summed E-state index contributed by atoms with van der Waals surface area (Å²) in [4.78, 5) is 10.0. The minimum atomic E-state index is 0.711. The predicted octanol–water partition coefficient (Wildman–Crippen LogP) is 11.2. The first-order valence-corrected chi connectivity index (χ1v) is 15.1. The molecule has 3 heteroatoms. The molecule has 0 saturated carbocycles. The van der Waals surface area contributed by atoms with Crippen LogP contribution < -0.4 is 0 Å². The minimum absolute atomic E-state index is 0.711. The number of hydrogen-bond acceptors (Lipinski definition) is 2. The zero-order valence-corrected chi connectivity index (χ0v) is 24.9. The topological polar surface area (TPSA) is 25.8 Å². The van der Waals surface area contributed by atoms with Crippen molar-refractivity contribution in [2.24, 2.45) is 0 Å². The third kappa shape index (κ3) is 5.94. The summed E-state index contributed by atoms with van der Waals surface area (Å²) in [5.74, 6) is 0.711. The van der Waals surface area contributed by atoms with Crippen LogP contribution in [0.1, 0.15) is 0 Å². The molecule has 0 radical (unpaired) electrons. The largest absolute Gasteiger partial charge is 0.228 e. The van der Waals surface area contributed by atoms with Gasteiger partial charge in [0.25, 0.3) is 0 Å². The molecule has 0 bridgehead atoms. The molecule has 0 amide bonds. The van der Waals surface area contributed by atoms with Crippen LogP contribution in [0.15, 0.2) is 168 Å². The normalized spacial score (nSPS) is 10.9. The van der Waals surface area contributed by atoms with E-state index in [-0.39, 0.29) is 0 Å². The van der Waals surface area contributed by atoms with E-state index in [1.54, 1.807) is 0 Å². The van der Waals surface area contributed by atoms with Gasteiger partial charge in [-0.3, -0.25) is 0 Å². The second kappa shape index (κ2) is 12.0. The van der Waals surface area contributed by atoms with E-state index >= 15 is 0 Å². The van der Waals surface area contributed by atoms with Gasteiger partial charge in [-0.2, -0.15) is 0 Å². The molecule has 0 aliphatic carbocycles. The number of benzene rings is 6. The van der Waals surface area contributed by atoms with Crippen molar-refractivity contribution in [3.05, 3.63) is 168 Å². The molecule has 0 atom stereocenters. The summed E-state index contributed by atoms with van der Waals surface area (Å²) >= 11 is 3.57. The monoisotopic (exact) mass is 614 g/mol. The molecule has 43 heavy (non-hydrogen) atoms. The molecule has 6 aromatic carbocycles. The highest BCUT2D eigenvalue weighted by Crippen LogP contribution is 2.31. The molecule has 1 heterocycles. The van der Waals surface area contributed by atoms with E-state index < -0.39 is 0 Å². The summed E-state index contributed by atoms with van der Waals surface area (Å²) < 4.78 is 1.08. The van der Waals surface area contributed by atoms with Crippen LogP contribution in [0.4, 0.5) is 0 Å². The number of rotatable bonds is 6. The quantitative estimate of drug-likeness (QED) is 0.186. The maximum Gasteiger partial charge on any atom is 0.160 e. The molecule has 7 rings (SSSR count). The predicted molar refractivity (Wildman–Crippen MR) is 182 cm³/mol. The lowest BCUT2D eigenvalue weighted by Crippen LogP contribution is -1.96. The van der Waals surface area contributed by atoms with Gasteiger partial charge in [-0.15, -0.1) is 0 Å². The van der Waals surface area contributed by atoms with Gasteiger partial charge in [-0.05, 0) is 51.6 Å². The molecule has 0 spiro atoms. The van der Waals surface area contributed by atoms with Crippen molar-refractivity contribution in [3.63, 3.8) is 0 Å². The first-order valence-electron chi connectivity index (χ1n) is 14.3. The average molecular weight is 616 g/mol. The van der Waals surface area contributed by atoms with Gasteiger partial charge in [-0.1, -0.05) is 162 Å². The van der Waals surface area contributed by atoms with Crippen molar-refractivity contribution in [1.82, 2.24) is 9.97 Å². The Balaban J connectivity index is 1.21. The summed E-state index contributed by atoms with van der Waals surface area (Å²) in [7, 11) is 0. The van der Waals surface area contributed by atoms with Gasteiger partial charge in [0, 0.05) is 21.2 Å². The molecule has 0 fully saturated rings. The van der Waals surface area contributed by atoms with Gasteiger partial charge in [0.15, 0.2) is 5.82 Å². The van der Waals surface area contributed by atoms with Crippen LogP contribution in [0.3, 0.4) is 0 Å². The Labute approximate surface area is 260 Å². The summed E-state index contributed by atoms with van der Waals surface area (Å²) in [6.45, 7) is 0. The maximum atomic E-state index is 5.04. The highest BCUT2D eigenvalue weighted by atomic mass is 79.9. The highest BCUT2D eigenvalue weighted by Gasteiger charge is 2.11. The first kappa shape index (κ1) is 26.8. The lowest BCUT2D eigenvalue weighted by molar-refractivity contribution is 1.18. The molecule has 2 nitrogen and oxygen atoms in total. The second-order valence-electron chi connectivity index (χ2n) is 10.4. The lowest BCUT2D eigenvalue weighted by atomic mass is 9.99. The van der Waals surface area contributed by atoms with Gasteiger partial charge in [0.2, 0.25) is 0 Å². The van der Waals surface area contributed by atoms with Crippen molar-refractivity contribution in [3.8, 4) is 67.3 Å². The molecule has 0 aliphatic heterocycles. The summed E-state index contributed by atoms with van der Waals surface area (Å²) in [6.07, 6.45) is 0. The molecule has 7 aromatic rings. The molecular formula is C40H27BrN2. The van der Waals surface area contributed by atoms with Crippen LogP contribution in [0.25, 0.3) is 67.3 Å². The molecule has 204 valence electrons. The molecule has 0 aliphatic rings. The van der Waals surface area contributed by atoms with Crippen LogP contribution in [0.5, 0.6) is 0 Å². The van der Waals surface area contributed by atoms with Crippen LogP contribution >= 0.6 is 15.9 Å². The summed E-state index contributed by atoms with van der Waals surface area (Å²) in [5, 5.41) is 0. The standard InChI is InChI=1S/C40H27BrN2/c41-37-13-7-12-36(26-37)32-16-14-30(15-17-32)31-18-22-34(23-19-31)39-27-38(33-10-5-2-6-11-33)42-40(43-39)35-24-20-29(21-25-35)28-8-3-1-4-9-28/h1-27H. The van der Waals surface area contributed by atoms with Gasteiger partial charge in [0.05, 0.1) is 11.4 Å². The van der Waals surface area contributed by atoms with Crippen molar-refractivity contribution < 1.29 is 0 Å². The Kier molecular flexibility index (Phi) is 7.47. The number of hydrogen-bond donors (Lipinski definition) is 0. The Morgan fingerprint density at radius 1 is 0.302 bits per heavy atom. The smallest absolute Gasteiger partial charge is 0.160 e. The van der Waals surface area contributed by atoms with E-state index in [9.17, 15) is 0 Å². The average Bonchev–Trinajstić information content (AvgIpc) is 3.09. The van der Waals surface area contributed by atoms with Crippen molar-refractivity contribution in [2.75, 3.05) is 0 Å². The number of halogens is 1. The van der Waals surface area contributed by atoms with Crippen molar-refractivity contribution in [1.29, 1.82) is 0 Å². The third-order valence-corrected chi connectivity index (χ3v) is 8.10. The van der Waals surface area contributed by atoms with Gasteiger partial charge < -0.3 is 0 Å². The first-order chi connectivity index (χ1) is 21.2. The molecule has 0 saturated heterocycles. The minimum Gasteiger partial charge on any atom is -0.228 e. The maximum absolute atomic E-state index is 5.04. The SMILES string of the molecule is Brc1cccc(-c2ccc(-c3ccc(-c4cc(-c5ccccc5)nc(-c5ccc(-c6ccccc6)cc5)n4)cc3)cc2)c1. The number of nitrogens with zero attached hydrogens (tertiary/aromatic N) is 2. The zero-order valence-electron chi connectivity index (χ0n) is 23.4. The molecule has 1 aromatic heterocycles. The van der Waals surface area contributed by atoms with Crippen molar-refractivity contribution in [2.45, 2.75) is 0 Å². The fourth-order valence-electron chi connectivity index (χ4n) is 5.28. The molecule has 0 unspecified atom stereocenters. The Morgan fingerprint density at radius 2 is 0.674 bits per heavy atom. The number of aromatic nitrogens is 2. The fraction of sp³-hybridized carbons (Fsp3) is 0.